The summed E-state index contributed by atoms with van der Waals surface area (Å²) in [6.45, 7) is 2.80. The fraction of sp³-hybridized carbons (Fsp3) is 0.286. The van der Waals surface area contributed by atoms with E-state index in [9.17, 15) is 19.5 Å². The van der Waals surface area contributed by atoms with E-state index in [2.05, 4.69) is 10.6 Å². The van der Waals surface area contributed by atoms with E-state index in [0.29, 0.717) is 18.5 Å². The summed E-state index contributed by atoms with van der Waals surface area (Å²) in [7, 11) is 0. The quantitative estimate of drug-likeness (QED) is 0.663. The number of aromatic hydroxyl groups is 1. The van der Waals surface area contributed by atoms with Crippen LogP contribution in [0.5, 0.6) is 5.75 Å². The molecule has 3 rings (SSSR count). The van der Waals surface area contributed by atoms with E-state index in [4.69, 9.17) is 0 Å². The molecule has 0 saturated heterocycles. The molecular weight excluding hydrogens is 358 g/mol. The van der Waals surface area contributed by atoms with Gasteiger partial charge in [-0.05, 0) is 36.6 Å². The Morgan fingerprint density at radius 2 is 1.79 bits per heavy atom. The van der Waals surface area contributed by atoms with Crippen molar-refractivity contribution in [3.63, 3.8) is 0 Å². The van der Waals surface area contributed by atoms with E-state index < -0.39 is 17.9 Å². The van der Waals surface area contributed by atoms with Gasteiger partial charge in [-0.1, -0.05) is 37.3 Å². The number of para-hydroxylation sites is 1. The Bertz CT molecular complexity index is 879. The lowest BCUT2D eigenvalue weighted by Crippen LogP contribution is -2.45. The number of nitrogens with one attached hydrogen (secondary N) is 2. The van der Waals surface area contributed by atoms with Crippen LogP contribution >= 0.6 is 0 Å². The van der Waals surface area contributed by atoms with E-state index in [1.54, 1.807) is 41.3 Å². The first-order valence-corrected chi connectivity index (χ1v) is 9.28. The smallest absolute Gasteiger partial charge is 0.310 e. The maximum Gasteiger partial charge on any atom is 0.310 e. The van der Waals surface area contributed by atoms with Crippen molar-refractivity contribution in [3.8, 4) is 5.75 Å². The van der Waals surface area contributed by atoms with Crippen LogP contribution < -0.4 is 15.5 Å². The summed E-state index contributed by atoms with van der Waals surface area (Å²) in [6, 6.07) is 13.1. The Balaban J connectivity index is 1.58. The van der Waals surface area contributed by atoms with Crippen LogP contribution in [0.1, 0.15) is 30.5 Å². The van der Waals surface area contributed by atoms with Gasteiger partial charge < -0.3 is 20.6 Å². The second-order valence-corrected chi connectivity index (χ2v) is 6.63. The molecule has 1 aliphatic rings. The Kier molecular flexibility index (Phi) is 5.93. The highest BCUT2D eigenvalue weighted by Gasteiger charge is 2.38. The number of carbonyl (C=O) groups is 3. The molecule has 2 aromatic carbocycles. The number of nitrogens with zero attached hydrogens (tertiary/aromatic N) is 1. The number of amides is 3. The minimum atomic E-state index is -0.849. The maximum absolute atomic E-state index is 12.7. The molecule has 0 unspecified atom stereocenters. The molecule has 0 aliphatic carbocycles. The molecule has 3 N–H and O–H groups in total. The maximum atomic E-state index is 12.7. The van der Waals surface area contributed by atoms with E-state index >= 15 is 0 Å². The molecular formula is C21H23N3O4. The fourth-order valence-electron chi connectivity index (χ4n) is 3.24. The lowest BCUT2D eigenvalue weighted by atomic mass is 10.1. The van der Waals surface area contributed by atoms with Crippen LogP contribution in [0.15, 0.2) is 48.5 Å². The molecule has 28 heavy (non-hydrogen) atoms. The molecule has 1 heterocycles. The van der Waals surface area contributed by atoms with Crippen molar-refractivity contribution in [1.29, 1.82) is 0 Å². The van der Waals surface area contributed by atoms with Gasteiger partial charge in [-0.15, -0.1) is 0 Å². The average Bonchev–Trinajstić information content (AvgIpc) is 2.95. The van der Waals surface area contributed by atoms with Gasteiger partial charge in [-0.3, -0.25) is 14.4 Å². The van der Waals surface area contributed by atoms with Crippen molar-refractivity contribution in [2.24, 2.45) is 0 Å². The zero-order valence-corrected chi connectivity index (χ0v) is 15.6. The zero-order valence-electron chi connectivity index (χ0n) is 15.6. The number of carbonyl (C=O) groups excluding carboxylic acids is 3. The number of hydrogen-bond acceptors (Lipinski definition) is 4. The molecule has 7 nitrogen and oxygen atoms in total. The molecule has 0 fully saturated rings. The zero-order chi connectivity index (χ0) is 20.1. The molecule has 3 amide bonds. The third kappa shape index (κ3) is 4.14. The van der Waals surface area contributed by atoms with Crippen molar-refractivity contribution in [3.05, 3.63) is 59.7 Å². The SMILES string of the molecule is CCCN1C(=O)[C@@H](NC(=O)C(=O)NCCc2ccc(O)cc2)c2ccccc21. The van der Waals surface area contributed by atoms with Crippen LogP contribution in [0.25, 0.3) is 0 Å². The first kappa shape index (κ1) is 19.4. The Hall–Kier alpha value is -3.35. The second kappa shape index (κ2) is 8.56. The highest BCUT2D eigenvalue weighted by Crippen LogP contribution is 2.35. The number of phenolic OH excluding ortho intramolecular Hbond substituents is 1. The molecule has 2 aromatic rings. The summed E-state index contributed by atoms with van der Waals surface area (Å²) in [5.41, 5.74) is 2.40. The van der Waals surface area contributed by atoms with Crippen LogP contribution in [-0.4, -0.2) is 35.9 Å². The van der Waals surface area contributed by atoms with E-state index in [-0.39, 0.29) is 18.2 Å². The standard InChI is InChI=1S/C21H23N3O4/c1-2-13-24-17-6-4-3-5-16(17)18(21(24)28)23-20(27)19(26)22-12-11-14-7-9-15(25)10-8-14/h3-10,18,25H,2,11-13H2,1H3,(H,22,26)(H,23,27)/t18-/m0/s1. The lowest BCUT2D eigenvalue weighted by Gasteiger charge is -2.17. The third-order valence-electron chi connectivity index (χ3n) is 4.62. The van der Waals surface area contributed by atoms with Gasteiger partial charge in [0, 0.05) is 24.3 Å². The molecule has 1 aliphatic heterocycles. The van der Waals surface area contributed by atoms with Crippen molar-refractivity contribution in [2.75, 3.05) is 18.0 Å². The molecule has 146 valence electrons. The van der Waals surface area contributed by atoms with Crippen LogP contribution in [0.4, 0.5) is 5.69 Å². The third-order valence-corrected chi connectivity index (χ3v) is 4.62. The summed E-state index contributed by atoms with van der Waals surface area (Å²) < 4.78 is 0. The Morgan fingerprint density at radius 3 is 2.50 bits per heavy atom. The molecule has 0 radical (unpaired) electrons. The molecule has 7 heteroatoms. The molecule has 0 saturated carbocycles. The highest BCUT2D eigenvalue weighted by molar-refractivity contribution is 6.35. The number of rotatable bonds is 6. The minimum absolute atomic E-state index is 0.172. The monoisotopic (exact) mass is 381 g/mol. The van der Waals surface area contributed by atoms with Gasteiger partial charge >= 0.3 is 11.8 Å². The van der Waals surface area contributed by atoms with E-state index in [0.717, 1.165) is 17.7 Å². The number of phenols is 1. The van der Waals surface area contributed by atoms with E-state index in [1.165, 1.54) is 0 Å². The van der Waals surface area contributed by atoms with Gasteiger partial charge in [-0.2, -0.15) is 0 Å². The van der Waals surface area contributed by atoms with Gasteiger partial charge in [-0.25, -0.2) is 0 Å². The summed E-state index contributed by atoms with van der Waals surface area (Å²) in [4.78, 5) is 38.7. The largest absolute Gasteiger partial charge is 0.508 e. The molecule has 1 atom stereocenters. The topological polar surface area (TPSA) is 98.7 Å². The Morgan fingerprint density at radius 1 is 1.07 bits per heavy atom. The minimum Gasteiger partial charge on any atom is -0.508 e. The van der Waals surface area contributed by atoms with Gasteiger partial charge in [0.1, 0.15) is 11.8 Å². The van der Waals surface area contributed by atoms with Crippen molar-refractivity contribution in [2.45, 2.75) is 25.8 Å². The normalized spacial score (nSPS) is 15.2. The van der Waals surface area contributed by atoms with Gasteiger partial charge in [0.2, 0.25) is 0 Å². The van der Waals surface area contributed by atoms with E-state index in [1.807, 2.05) is 19.1 Å². The fourth-order valence-corrected chi connectivity index (χ4v) is 3.24. The van der Waals surface area contributed by atoms with Gasteiger partial charge in [0.25, 0.3) is 5.91 Å². The lowest BCUT2D eigenvalue weighted by molar-refractivity contribution is -0.140. The van der Waals surface area contributed by atoms with Crippen LogP contribution in [0.2, 0.25) is 0 Å². The predicted octanol–water partition coefficient (Wildman–Crippen LogP) is 1.67. The summed E-state index contributed by atoms with van der Waals surface area (Å²) >= 11 is 0. The Labute approximate surface area is 163 Å². The second-order valence-electron chi connectivity index (χ2n) is 6.63. The molecule has 0 spiro atoms. The van der Waals surface area contributed by atoms with Crippen molar-refractivity contribution in [1.82, 2.24) is 10.6 Å². The number of hydrogen-bond donors (Lipinski definition) is 3. The number of fused-ring (bicyclic) bond motifs is 1. The first-order valence-electron chi connectivity index (χ1n) is 9.28. The summed E-state index contributed by atoms with van der Waals surface area (Å²) in [6.07, 6.45) is 1.31. The molecule has 0 bridgehead atoms. The van der Waals surface area contributed by atoms with Crippen molar-refractivity contribution >= 4 is 23.4 Å². The molecule has 0 aromatic heterocycles. The summed E-state index contributed by atoms with van der Waals surface area (Å²) in [5, 5.41) is 14.4. The van der Waals surface area contributed by atoms with Gasteiger partial charge in [0.15, 0.2) is 0 Å². The summed E-state index contributed by atoms with van der Waals surface area (Å²) in [5.74, 6) is -1.67. The number of benzene rings is 2. The average molecular weight is 381 g/mol. The van der Waals surface area contributed by atoms with Crippen LogP contribution in [0, 0.1) is 0 Å². The number of anilines is 1. The van der Waals surface area contributed by atoms with Crippen LogP contribution in [0.3, 0.4) is 0 Å². The van der Waals surface area contributed by atoms with Crippen LogP contribution in [-0.2, 0) is 20.8 Å². The predicted molar refractivity (Wildman–Crippen MR) is 105 cm³/mol. The van der Waals surface area contributed by atoms with Gasteiger partial charge in [0.05, 0.1) is 0 Å². The highest BCUT2D eigenvalue weighted by atomic mass is 16.3. The van der Waals surface area contributed by atoms with Crippen molar-refractivity contribution < 1.29 is 19.5 Å². The first-order chi connectivity index (χ1) is 13.5.